The predicted molar refractivity (Wildman–Crippen MR) is 121 cm³/mol. The van der Waals surface area contributed by atoms with E-state index in [4.69, 9.17) is 0 Å². The normalized spacial score (nSPS) is 18.6. The first-order valence-corrected chi connectivity index (χ1v) is 11.3. The Morgan fingerprint density at radius 2 is 1.94 bits per heavy atom. The quantitative estimate of drug-likeness (QED) is 0.453. The van der Waals surface area contributed by atoms with Crippen molar-refractivity contribution in [2.45, 2.75) is 50.9 Å². The Labute approximate surface area is 190 Å². The maximum absolute atomic E-state index is 13.2. The van der Waals surface area contributed by atoms with Gasteiger partial charge in [-0.05, 0) is 33.7 Å². The molecule has 2 aromatic rings. The fourth-order valence-corrected chi connectivity index (χ4v) is 4.13. The van der Waals surface area contributed by atoms with Crippen LogP contribution in [0, 0.1) is 0 Å². The van der Waals surface area contributed by atoms with Gasteiger partial charge < -0.3 is 26.0 Å². The molecular weight excluding hydrogens is 432 g/mol. The summed E-state index contributed by atoms with van der Waals surface area (Å²) < 4.78 is 3.95. The molecule has 4 atom stereocenters. The molecule has 0 aliphatic carbocycles. The minimum absolute atomic E-state index is 0.349. The molecule has 172 valence electrons. The maximum atomic E-state index is 13.2. The smallest absolute Gasteiger partial charge is 0.248 e. The van der Waals surface area contributed by atoms with Gasteiger partial charge in [-0.3, -0.25) is 14.4 Å². The van der Waals surface area contributed by atoms with Crippen LogP contribution in [0.2, 0.25) is 0 Å². The molecule has 4 N–H and O–H groups in total. The summed E-state index contributed by atoms with van der Waals surface area (Å²) in [4.78, 5) is 39.9. The number of nitrogens with one attached hydrogen (secondary N) is 3. The third-order valence-corrected chi connectivity index (χ3v) is 6.12. The molecule has 1 aromatic heterocycles. The van der Waals surface area contributed by atoms with Gasteiger partial charge >= 0.3 is 0 Å². The molecule has 10 nitrogen and oxygen atoms in total. The number of amides is 3. The van der Waals surface area contributed by atoms with Crippen LogP contribution in [0.4, 0.5) is 5.00 Å². The summed E-state index contributed by atoms with van der Waals surface area (Å²) in [6, 6.07) is 6.99. The Balaban J connectivity index is 1.73. The van der Waals surface area contributed by atoms with E-state index in [9.17, 15) is 19.5 Å². The molecule has 3 amide bonds. The van der Waals surface area contributed by atoms with Crippen LogP contribution in [0.5, 0.6) is 0 Å². The SMILES string of the molecule is CN[C@@H](C)C(=O)N[C@H](C(=O)N1CCC[C@H]1C(=O)Nc1snnc1-c1ccccc1)[C@@H](C)O. The summed E-state index contributed by atoms with van der Waals surface area (Å²) in [6.07, 6.45) is 0.0110. The minimum atomic E-state index is -1.14. The van der Waals surface area contributed by atoms with Crippen LogP contribution in [-0.2, 0) is 14.4 Å². The topological polar surface area (TPSA) is 137 Å². The molecule has 0 bridgehead atoms. The first kappa shape index (κ1) is 23.8. The van der Waals surface area contributed by atoms with Crippen LogP contribution < -0.4 is 16.0 Å². The standard InChI is InChI=1S/C21H28N6O4S/c1-12(22-3)18(29)23-16(13(2)28)21(31)27-11-7-10-15(27)19(30)24-20-17(25-26-32-20)14-8-5-4-6-9-14/h4-6,8-9,12-13,15-16,22,28H,7,10-11H2,1-3H3,(H,23,29)(H,24,30)/t12-,13+,15-,16-/m0/s1. The van der Waals surface area contributed by atoms with Gasteiger partial charge in [-0.15, -0.1) is 5.10 Å². The van der Waals surface area contributed by atoms with E-state index >= 15 is 0 Å². The fraction of sp³-hybridized carbons (Fsp3) is 0.476. The average molecular weight is 461 g/mol. The number of aromatic nitrogens is 2. The van der Waals surface area contributed by atoms with Crippen molar-refractivity contribution >= 4 is 34.3 Å². The van der Waals surface area contributed by atoms with Crippen LogP contribution in [0.15, 0.2) is 30.3 Å². The van der Waals surface area contributed by atoms with Crippen LogP contribution >= 0.6 is 11.5 Å². The Bertz CT molecular complexity index is 951. The molecule has 0 radical (unpaired) electrons. The largest absolute Gasteiger partial charge is 0.391 e. The molecule has 11 heteroatoms. The highest BCUT2D eigenvalue weighted by Crippen LogP contribution is 2.29. The van der Waals surface area contributed by atoms with E-state index < -0.39 is 36.0 Å². The first-order chi connectivity index (χ1) is 15.3. The van der Waals surface area contributed by atoms with Gasteiger partial charge in [-0.1, -0.05) is 34.8 Å². The van der Waals surface area contributed by atoms with E-state index in [1.54, 1.807) is 14.0 Å². The number of rotatable bonds is 8. The number of likely N-dealkylation sites (tertiary alicyclic amines) is 1. The number of nitrogens with zero attached hydrogens (tertiary/aromatic N) is 3. The molecule has 1 fully saturated rings. The van der Waals surface area contributed by atoms with Gasteiger partial charge in [0.1, 0.15) is 22.8 Å². The van der Waals surface area contributed by atoms with Crippen molar-refractivity contribution in [3.63, 3.8) is 0 Å². The molecule has 1 saturated heterocycles. The number of hydrogen-bond donors (Lipinski definition) is 4. The Morgan fingerprint density at radius 1 is 1.22 bits per heavy atom. The lowest BCUT2D eigenvalue weighted by Crippen LogP contribution is -2.58. The summed E-state index contributed by atoms with van der Waals surface area (Å²) in [7, 11) is 1.63. The van der Waals surface area contributed by atoms with Crippen LogP contribution in [0.3, 0.4) is 0 Å². The van der Waals surface area contributed by atoms with Crippen LogP contribution in [0.25, 0.3) is 11.3 Å². The Morgan fingerprint density at radius 3 is 2.59 bits per heavy atom. The molecule has 0 saturated carbocycles. The predicted octanol–water partition coefficient (Wildman–Crippen LogP) is 0.608. The lowest BCUT2D eigenvalue weighted by Gasteiger charge is -2.30. The second-order valence-electron chi connectivity index (χ2n) is 7.73. The first-order valence-electron chi connectivity index (χ1n) is 10.5. The number of likely N-dealkylation sites (N-methyl/N-ethyl adjacent to an activating group) is 1. The number of anilines is 1. The van der Waals surface area contributed by atoms with E-state index in [1.807, 2.05) is 30.3 Å². The van der Waals surface area contributed by atoms with Crippen molar-refractivity contribution in [3.8, 4) is 11.3 Å². The van der Waals surface area contributed by atoms with Gasteiger partial charge in [0, 0.05) is 23.6 Å². The Hall–Kier alpha value is -2.89. The van der Waals surface area contributed by atoms with Crippen molar-refractivity contribution in [2.75, 3.05) is 18.9 Å². The summed E-state index contributed by atoms with van der Waals surface area (Å²) >= 11 is 1.07. The third kappa shape index (κ3) is 5.29. The van der Waals surface area contributed by atoms with E-state index in [2.05, 4.69) is 25.5 Å². The van der Waals surface area contributed by atoms with Crippen LogP contribution in [0.1, 0.15) is 26.7 Å². The molecule has 1 aromatic carbocycles. The number of benzene rings is 1. The molecule has 2 heterocycles. The van der Waals surface area contributed by atoms with Gasteiger partial charge in [0.15, 0.2) is 0 Å². The summed E-state index contributed by atoms with van der Waals surface area (Å²) in [5.74, 6) is -1.24. The van der Waals surface area contributed by atoms with Gasteiger partial charge in [-0.25, -0.2) is 0 Å². The van der Waals surface area contributed by atoms with Crippen molar-refractivity contribution in [1.82, 2.24) is 25.1 Å². The van der Waals surface area contributed by atoms with E-state index in [-0.39, 0.29) is 5.91 Å². The second-order valence-corrected chi connectivity index (χ2v) is 8.49. The monoisotopic (exact) mass is 460 g/mol. The maximum Gasteiger partial charge on any atom is 0.248 e. The number of aliphatic hydroxyl groups is 1. The number of aliphatic hydroxyl groups excluding tert-OH is 1. The van der Waals surface area contributed by atoms with Crippen molar-refractivity contribution in [2.24, 2.45) is 0 Å². The van der Waals surface area contributed by atoms with Crippen molar-refractivity contribution in [1.29, 1.82) is 0 Å². The number of hydrogen-bond acceptors (Lipinski definition) is 8. The highest BCUT2D eigenvalue weighted by molar-refractivity contribution is 7.10. The second kappa shape index (κ2) is 10.6. The van der Waals surface area contributed by atoms with Gasteiger partial charge in [0.2, 0.25) is 17.7 Å². The lowest BCUT2D eigenvalue weighted by atomic mass is 10.1. The van der Waals surface area contributed by atoms with E-state index in [1.165, 1.54) is 11.8 Å². The minimum Gasteiger partial charge on any atom is -0.391 e. The highest BCUT2D eigenvalue weighted by atomic mass is 32.1. The third-order valence-electron chi connectivity index (χ3n) is 5.48. The molecule has 1 aliphatic rings. The summed E-state index contributed by atoms with van der Waals surface area (Å²) in [5, 5.41) is 23.0. The molecule has 1 aliphatic heterocycles. The highest BCUT2D eigenvalue weighted by Gasteiger charge is 2.39. The zero-order chi connectivity index (χ0) is 23.3. The zero-order valence-corrected chi connectivity index (χ0v) is 19.1. The summed E-state index contributed by atoms with van der Waals surface area (Å²) in [5.41, 5.74) is 1.39. The lowest BCUT2D eigenvalue weighted by molar-refractivity contribution is -0.142. The number of carbonyl (C=O) groups excluding carboxylic acids is 3. The molecule has 3 rings (SSSR count). The average Bonchev–Trinajstić information content (AvgIpc) is 3.46. The van der Waals surface area contributed by atoms with Crippen LogP contribution in [-0.4, -0.2) is 75.1 Å². The number of carbonyl (C=O) groups is 3. The molecule has 0 spiro atoms. The zero-order valence-electron chi connectivity index (χ0n) is 18.2. The van der Waals surface area contributed by atoms with Crippen molar-refractivity contribution < 1.29 is 19.5 Å². The van der Waals surface area contributed by atoms with Gasteiger partial charge in [0.25, 0.3) is 0 Å². The molecule has 32 heavy (non-hydrogen) atoms. The van der Waals surface area contributed by atoms with Gasteiger partial charge in [-0.2, -0.15) is 0 Å². The van der Waals surface area contributed by atoms with Crippen molar-refractivity contribution in [3.05, 3.63) is 30.3 Å². The molecule has 0 unspecified atom stereocenters. The van der Waals surface area contributed by atoms with Gasteiger partial charge in [0.05, 0.1) is 12.1 Å². The molecular formula is C21H28N6O4S. The van der Waals surface area contributed by atoms with E-state index in [0.29, 0.717) is 30.1 Å². The fourth-order valence-electron chi connectivity index (χ4n) is 3.53. The Kier molecular flexibility index (Phi) is 7.89. The van der Waals surface area contributed by atoms with E-state index in [0.717, 1.165) is 17.1 Å². The summed E-state index contributed by atoms with van der Waals surface area (Å²) in [6.45, 7) is 3.45.